The Balaban J connectivity index is 2.77. The fraction of sp³-hybridized carbons (Fsp3) is 0.0769. The third kappa shape index (κ3) is 1.76. The molecule has 2 aromatic rings. The molecule has 0 aliphatic rings. The molecule has 0 amide bonds. The van der Waals surface area contributed by atoms with Gasteiger partial charge in [0.15, 0.2) is 11.4 Å². The summed E-state index contributed by atoms with van der Waals surface area (Å²) in [6.45, 7) is 0. The fourth-order valence-electron chi connectivity index (χ4n) is 1.76. The van der Waals surface area contributed by atoms with Crippen molar-refractivity contribution in [1.29, 1.82) is 15.8 Å². The molecular weight excluding hydrogens is 242 g/mol. The number of aromatic nitrogens is 2. The Kier molecular flexibility index (Phi) is 2.90. The van der Waals surface area contributed by atoms with Crippen LogP contribution in [0.3, 0.4) is 0 Å². The van der Waals surface area contributed by atoms with Gasteiger partial charge in [0, 0.05) is 7.05 Å². The van der Waals surface area contributed by atoms with E-state index in [-0.39, 0.29) is 11.4 Å². The van der Waals surface area contributed by atoms with E-state index in [1.54, 1.807) is 24.3 Å². The number of hydrogen-bond acceptors (Lipinski definition) is 4. The van der Waals surface area contributed by atoms with E-state index in [9.17, 15) is 4.79 Å². The summed E-state index contributed by atoms with van der Waals surface area (Å²) in [6, 6.07) is 11.9. The van der Waals surface area contributed by atoms with Gasteiger partial charge in [-0.1, -0.05) is 0 Å². The van der Waals surface area contributed by atoms with E-state index < -0.39 is 5.69 Å². The molecule has 0 unspecified atom stereocenters. The maximum Gasteiger partial charge on any atom is 0.334 e. The van der Waals surface area contributed by atoms with Crippen LogP contribution in [0.25, 0.3) is 5.69 Å². The third-order valence-electron chi connectivity index (χ3n) is 2.73. The van der Waals surface area contributed by atoms with Crippen LogP contribution in [0.5, 0.6) is 0 Å². The summed E-state index contributed by atoms with van der Waals surface area (Å²) in [5.41, 5.74) is 0.416. The number of nitrogens with zero attached hydrogens (tertiary/aromatic N) is 5. The van der Waals surface area contributed by atoms with Crippen LogP contribution < -0.4 is 5.69 Å². The second-order valence-electron chi connectivity index (χ2n) is 3.76. The zero-order valence-corrected chi connectivity index (χ0v) is 9.95. The lowest BCUT2D eigenvalue weighted by Gasteiger charge is -2.01. The van der Waals surface area contributed by atoms with Crippen LogP contribution in [0.1, 0.15) is 17.0 Å². The highest BCUT2D eigenvalue weighted by atomic mass is 16.1. The Bertz CT molecular complexity index is 819. The fourth-order valence-corrected chi connectivity index (χ4v) is 1.76. The van der Waals surface area contributed by atoms with Crippen molar-refractivity contribution in [3.8, 4) is 23.9 Å². The standard InChI is InChI=1S/C13H7N5O/c1-17-11(7-15)12(8-16)18(13(17)19)10-4-2-9(6-14)3-5-10/h2-5H,1H3. The molecule has 0 saturated carbocycles. The molecule has 6 nitrogen and oxygen atoms in total. The van der Waals surface area contributed by atoms with Gasteiger partial charge in [0.05, 0.1) is 17.3 Å². The summed E-state index contributed by atoms with van der Waals surface area (Å²) in [7, 11) is 1.43. The molecule has 6 heteroatoms. The summed E-state index contributed by atoms with van der Waals surface area (Å²) >= 11 is 0. The van der Waals surface area contributed by atoms with Gasteiger partial charge in [0.2, 0.25) is 0 Å². The van der Waals surface area contributed by atoms with E-state index in [2.05, 4.69) is 0 Å². The second kappa shape index (κ2) is 4.52. The predicted molar refractivity (Wildman–Crippen MR) is 65.2 cm³/mol. The van der Waals surface area contributed by atoms with Crippen molar-refractivity contribution in [3.63, 3.8) is 0 Å². The molecule has 0 bridgehead atoms. The van der Waals surface area contributed by atoms with Crippen LogP contribution in [-0.4, -0.2) is 9.13 Å². The van der Waals surface area contributed by atoms with E-state index >= 15 is 0 Å². The predicted octanol–water partition coefficient (Wildman–Crippen LogP) is 0.791. The van der Waals surface area contributed by atoms with Gasteiger partial charge >= 0.3 is 5.69 Å². The first kappa shape index (κ1) is 12.2. The van der Waals surface area contributed by atoms with Gasteiger partial charge in [0.1, 0.15) is 12.1 Å². The molecule has 0 N–H and O–H groups in total. The molecule has 1 heterocycles. The third-order valence-corrected chi connectivity index (χ3v) is 2.73. The molecule has 0 radical (unpaired) electrons. The minimum Gasteiger partial charge on any atom is -0.285 e. The van der Waals surface area contributed by atoms with E-state index in [1.165, 1.54) is 7.05 Å². The van der Waals surface area contributed by atoms with Crippen molar-refractivity contribution in [3.05, 3.63) is 51.7 Å². The lowest BCUT2D eigenvalue weighted by molar-refractivity contribution is 0.815. The quantitative estimate of drug-likeness (QED) is 0.745. The van der Waals surface area contributed by atoms with Crippen molar-refractivity contribution in [2.24, 2.45) is 7.05 Å². The Labute approximate surface area is 108 Å². The van der Waals surface area contributed by atoms with Crippen molar-refractivity contribution in [2.45, 2.75) is 0 Å². The van der Waals surface area contributed by atoms with E-state index in [0.29, 0.717) is 11.3 Å². The van der Waals surface area contributed by atoms with Crippen LogP contribution >= 0.6 is 0 Å². The van der Waals surface area contributed by atoms with Crippen LogP contribution in [-0.2, 0) is 7.05 Å². The highest BCUT2D eigenvalue weighted by Gasteiger charge is 2.18. The Hall–Kier alpha value is -3.30. The van der Waals surface area contributed by atoms with Gasteiger partial charge in [-0.25, -0.2) is 4.79 Å². The Morgan fingerprint density at radius 2 is 1.53 bits per heavy atom. The minimum absolute atomic E-state index is 0.0110. The molecule has 0 fully saturated rings. The molecular formula is C13H7N5O. The maximum atomic E-state index is 12.0. The second-order valence-corrected chi connectivity index (χ2v) is 3.76. The highest BCUT2D eigenvalue weighted by Crippen LogP contribution is 2.13. The van der Waals surface area contributed by atoms with Gasteiger partial charge in [0.25, 0.3) is 0 Å². The first-order valence-electron chi connectivity index (χ1n) is 5.26. The van der Waals surface area contributed by atoms with E-state index in [4.69, 9.17) is 15.8 Å². The summed E-state index contributed by atoms with van der Waals surface area (Å²) in [5, 5.41) is 26.8. The van der Waals surface area contributed by atoms with Crippen molar-refractivity contribution in [1.82, 2.24) is 9.13 Å². The number of hydrogen-bond donors (Lipinski definition) is 0. The largest absolute Gasteiger partial charge is 0.334 e. The molecule has 0 saturated heterocycles. The first-order valence-corrected chi connectivity index (χ1v) is 5.26. The van der Waals surface area contributed by atoms with Crippen LogP contribution in [0, 0.1) is 34.0 Å². The minimum atomic E-state index is -0.474. The molecule has 90 valence electrons. The monoisotopic (exact) mass is 249 g/mol. The number of nitriles is 3. The van der Waals surface area contributed by atoms with Crippen LogP contribution in [0.4, 0.5) is 0 Å². The first-order chi connectivity index (χ1) is 9.13. The Morgan fingerprint density at radius 1 is 0.947 bits per heavy atom. The zero-order valence-electron chi connectivity index (χ0n) is 9.95. The molecule has 1 aromatic heterocycles. The average Bonchev–Trinajstić information content (AvgIpc) is 2.70. The van der Waals surface area contributed by atoms with Gasteiger partial charge in [-0.2, -0.15) is 15.8 Å². The number of benzene rings is 1. The van der Waals surface area contributed by atoms with Gasteiger partial charge in [-0.05, 0) is 24.3 Å². The highest BCUT2D eigenvalue weighted by molar-refractivity contribution is 5.46. The van der Waals surface area contributed by atoms with E-state index in [0.717, 1.165) is 9.13 Å². The molecule has 0 aliphatic heterocycles. The molecule has 19 heavy (non-hydrogen) atoms. The van der Waals surface area contributed by atoms with Gasteiger partial charge in [-0.15, -0.1) is 0 Å². The lowest BCUT2D eigenvalue weighted by Crippen LogP contribution is -2.21. The smallest absolute Gasteiger partial charge is 0.285 e. The maximum absolute atomic E-state index is 12.0. The van der Waals surface area contributed by atoms with Crippen molar-refractivity contribution >= 4 is 0 Å². The molecule has 0 spiro atoms. The van der Waals surface area contributed by atoms with Gasteiger partial charge in [-0.3, -0.25) is 9.13 Å². The SMILES string of the molecule is Cn1c(C#N)c(C#N)n(-c2ccc(C#N)cc2)c1=O. The molecule has 1 aromatic carbocycles. The number of rotatable bonds is 1. The zero-order chi connectivity index (χ0) is 14.0. The summed E-state index contributed by atoms with van der Waals surface area (Å²) < 4.78 is 2.27. The summed E-state index contributed by atoms with van der Waals surface area (Å²) in [6.07, 6.45) is 0. The Morgan fingerprint density at radius 3 is 2.00 bits per heavy atom. The van der Waals surface area contributed by atoms with Crippen molar-refractivity contribution < 1.29 is 0 Å². The van der Waals surface area contributed by atoms with Crippen LogP contribution in [0.15, 0.2) is 29.1 Å². The average molecular weight is 249 g/mol. The summed E-state index contributed by atoms with van der Waals surface area (Å²) in [5.74, 6) is 0. The molecule has 0 aliphatic carbocycles. The van der Waals surface area contributed by atoms with Crippen molar-refractivity contribution in [2.75, 3.05) is 0 Å². The lowest BCUT2D eigenvalue weighted by atomic mass is 10.2. The molecule has 2 rings (SSSR count). The summed E-state index contributed by atoms with van der Waals surface area (Å²) in [4.78, 5) is 12.0. The number of imidazole rings is 1. The van der Waals surface area contributed by atoms with E-state index in [1.807, 2.05) is 18.2 Å². The topological polar surface area (TPSA) is 98.3 Å². The normalized spacial score (nSPS) is 9.37. The molecule has 0 atom stereocenters. The van der Waals surface area contributed by atoms with Gasteiger partial charge < -0.3 is 0 Å². The van der Waals surface area contributed by atoms with Crippen LogP contribution in [0.2, 0.25) is 0 Å².